The van der Waals surface area contributed by atoms with Crippen molar-refractivity contribution in [3.8, 4) is 0 Å². The van der Waals surface area contributed by atoms with E-state index in [1.807, 2.05) is 0 Å². The van der Waals surface area contributed by atoms with Crippen LogP contribution in [0.15, 0.2) is 0 Å². The fraction of sp³-hybridized carbons (Fsp3) is 1.00. The average Bonchev–Trinajstić information content (AvgIpc) is 2.43. The Morgan fingerprint density at radius 3 is 2.69 bits per heavy atom. The molecule has 0 amide bonds. The number of hydrogen-bond acceptors (Lipinski definition) is 2. The number of aliphatic hydroxyl groups is 1. The second kappa shape index (κ2) is 4.97. The van der Waals surface area contributed by atoms with E-state index in [-0.39, 0.29) is 6.10 Å². The van der Waals surface area contributed by atoms with Crippen LogP contribution in [0.3, 0.4) is 0 Å². The summed E-state index contributed by atoms with van der Waals surface area (Å²) >= 11 is 0. The van der Waals surface area contributed by atoms with Gasteiger partial charge in [0.1, 0.15) is 0 Å². The molecule has 2 heteroatoms. The number of aliphatic hydroxyl groups excluding tert-OH is 1. The van der Waals surface area contributed by atoms with Gasteiger partial charge >= 0.3 is 0 Å². The van der Waals surface area contributed by atoms with E-state index in [0.717, 1.165) is 13.0 Å². The van der Waals surface area contributed by atoms with Gasteiger partial charge in [0.05, 0.1) is 6.10 Å². The maximum Gasteiger partial charge on any atom is 0.0682 e. The first-order chi connectivity index (χ1) is 6.15. The van der Waals surface area contributed by atoms with Crippen LogP contribution < -0.4 is 0 Å². The molecule has 1 rings (SSSR count). The summed E-state index contributed by atoms with van der Waals surface area (Å²) in [6, 6.07) is 1.22. The van der Waals surface area contributed by atoms with Gasteiger partial charge in [-0.15, -0.1) is 0 Å². The fourth-order valence-electron chi connectivity index (χ4n) is 2.27. The summed E-state index contributed by atoms with van der Waals surface area (Å²) in [7, 11) is 0. The molecule has 1 fully saturated rings. The first kappa shape index (κ1) is 11.0. The summed E-state index contributed by atoms with van der Waals surface area (Å²) in [4.78, 5) is 2.44. The van der Waals surface area contributed by atoms with Gasteiger partial charge in [-0.25, -0.2) is 0 Å². The summed E-state index contributed by atoms with van der Waals surface area (Å²) in [5.41, 5.74) is 0. The zero-order chi connectivity index (χ0) is 9.84. The zero-order valence-corrected chi connectivity index (χ0v) is 9.16. The number of hydrogen-bond donors (Lipinski definition) is 1. The molecule has 1 heterocycles. The largest absolute Gasteiger partial charge is 0.392 e. The molecule has 78 valence electrons. The van der Waals surface area contributed by atoms with Crippen LogP contribution in [0.1, 0.15) is 46.5 Å². The van der Waals surface area contributed by atoms with E-state index in [0.29, 0.717) is 12.1 Å². The summed E-state index contributed by atoms with van der Waals surface area (Å²) in [5.74, 6) is 0. The van der Waals surface area contributed by atoms with Gasteiger partial charge in [-0.05, 0) is 26.7 Å². The van der Waals surface area contributed by atoms with Crippen molar-refractivity contribution in [3.05, 3.63) is 0 Å². The monoisotopic (exact) mass is 185 g/mol. The van der Waals surface area contributed by atoms with Crippen molar-refractivity contribution < 1.29 is 5.11 Å². The van der Waals surface area contributed by atoms with Crippen molar-refractivity contribution in [2.75, 3.05) is 6.54 Å². The Balaban J connectivity index is 2.41. The standard InChI is InChI=1S/C11H23NO/c1-4-5-6-10-7-11(13)8-12(10)9(2)3/h9-11,13H,4-8H2,1-3H3/t10-,11-/m0/s1. The van der Waals surface area contributed by atoms with Gasteiger partial charge in [0.15, 0.2) is 0 Å². The second-order valence-electron chi connectivity index (χ2n) is 4.48. The van der Waals surface area contributed by atoms with Crippen LogP contribution in [0.5, 0.6) is 0 Å². The second-order valence-corrected chi connectivity index (χ2v) is 4.48. The van der Waals surface area contributed by atoms with E-state index < -0.39 is 0 Å². The Hall–Kier alpha value is -0.0800. The molecule has 1 N–H and O–H groups in total. The quantitative estimate of drug-likeness (QED) is 0.724. The van der Waals surface area contributed by atoms with E-state index in [9.17, 15) is 5.11 Å². The Morgan fingerprint density at radius 2 is 2.15 bits per heavy atom. The fourth-order valence-corrected chi connectivity index (χ4v) is 2.27. The van der Waals surface area contributed by atoms with Gasteiger partial charge in [-0.3, -0.25) is 4.90 Å². The number of likely N-dealkylation sites (tertiary alicyclic amines) is 1. The first-order valence-electron chi connectivity index (χ1n) is 5.59. The van der Waals surface area contributed by atoms with Crippen molar-refractivity contribution in [2.45, 2.75) is 64.6 Å². The van der Waals surface area contributed by atoms with Crippen LogP contribution in [0.25, 0.3) is 0 Å². The molecule has 0 aliphatic carbocycles. The van der Waals surface area contributed by atoms with Crippen molar-refractivity contribution in [1.29, 1.82) is 0 Å². The minimum absolute atomic E-state index is 0.0794. The van der Waals surface area contributed by atoms with Crippen molar-refractivity contribution >= 4 is 0 Å². The van der Waals surface area contributed by atoms with Gasteiger partial charge in [0, 0.05) is 18.6 Å². The predicted octanol–water partition coefficient (Wildman–Crippen LogP) is 2.02. The highest BCUT2D eigenvalue weighted by Crippen LogP contribution is 2.24. The van der Waals surface area contributed by atoms with Crippen LogP contribution in [0, 0.1) is 0 Å². The minimum atomic E-state index is -0.0794. The van der Waals surface area contributed by atoms with Crippen LogP contribution >= 0.6 is 0 Å². The Bertz CT molecular complexity index is 147. The number of β-amino-alcohol motifs (C(OH)–C–C–N with tert-alkyl or cyclic N) is 1. The third-order valence-electron chi connectivity index (χ3n) is 2.99. The summed E-state index contributed by atoms with van der Waals surface area (Å²) in [5, 5.41) is 9.58. The van der Waals surface area contributed by atoms with Crippen LogP contribution in [-0.2, 0) is 0 Å². The minimum Gasteiger partial charge on any atom is -0.392 e. The molecular weight excluding hydrogens is 162 g/mol. The third kappa shape index (κ3) is 2.96. The molecule has 0 saturated carbocycles. The Labute approximate surface area is 81.9 Å². The molecule has 0 radical (unpaired) electrons. The maximum atomic E-state index is 9.58. The van der Waals surface area contributed by atoms with Gasteiger partial charge in [0.2, 0.25) is 0 Å². The van der Waals surface area contributed by atoms with Crippen LogP contribution in [0.2, 0.25) is 0 Å². The molecule has 0 bridgehead atoms. The van der Waals surface area contributed by atoms with Gasteiger partial charge in [0.25, 0.3) is 0 Å². The lowest BCUT2D eigenvalue weighted by Gasteiger charge is -2.27. The SMILES string of the molecule is CCCC[C@H]1C[C@H](O)CN1C(C)C. The van der Waals surface area contributed by atoms with Gasteiger partial charge in [-0.2, -0.15) is 0 Å². The van der Waals surface area contributed by atoms with Gasteiger partial charge in [-0.1, -0.05) is 19.8 Å². The highest BCUT2D eigenvalue weighted by atomic mass is 16.3. The molecule has 0 spiro atoms. The zero-order valence-electron chi connectivity index (χ0n) is 9.16. The summed E-state index contributed by atoms with van der Waals surface area (Å²) in [6.07, 6.45) is 4.72. The van der Waals surface area contributed by atoms with E-state index in [2.05, 4.69) is 25.7 Å². The number of unbranched alkanes of at least 4 members (excludes halogenated alkanes) is 1. The van der Waals surface area contributed by atoms with Crippen LogP contribution in [-0.4, -0.2) is 34.7 Å². The lowest BCUT2D eigenvalue weighted by Crippen LogP contribution is -2.35. The predicted molar refractivity (Wildman–Crippen MR) is 55.8 cm³/mol. The van der Waals surface area contributed by atoms with Gasteiger partial charge < -0.3 is 5.11 Å². The highest BCUT2D eigenvalue weighted by Gasteiger charge is 2.31. The van der Waals surface area contributed by atoms with Crippen molar-refractivity contribution in [3.63, 3.8) is 0 Å². The molecule has 1 aliphatic heterocycles. The molecule has 0 aromatic rings. The first-order valence-corrected chi connectivity index (χ1v) is 5.59. The molecule has 1 saturated heterocycles. The molecule has 2 atom stereocenters. The number of rotatable bonds is 4. The topological polar surface area (TPSA) is 23.5 Å². The molecule has 13 heavy (non-hydrogen) atoms. The number of nitrogens with zero attached hydrogens (tertiary/aromatic N) is 1. The smallest absolute Gasteiger partial charge is 0.0682 e. The van der Waals surface area contributed by atoms with E-state index in [4.69, 9.17) is 0 Å². The Kier molecular flexibility index (Phi) is 4.20. The lowest BCUT2D eigenvalue weighted by molar-refractivity contribution is 0.157. The summed E-state index contributed by atoms with van der Waals surface area (Å²) in [6.45, 7) is 7.55. The highest BCUT2D eigenvalue weighted by molar-refractivity contribution is 4.86. The molecule has 1 aliphatic rings. The summed E-state index contributed by atoms with van der Waals surface area (Å²) < 4.78 is 0. The van der Waals surface area contributed by atoms with E-state index in [1.54, 1.807) is 0 Å². The van der Waals surface area contributed by atoms with Crippen molar-refractivity contribution in [2.24, 2.45) is 0 Å². The molecule has 0 aromatic carbocycles. The molecular formula is C11H23NO. The normalized spacial score (nSPS) is 30.2. The lowest BCUT2D eigenvalue weighted by atomic mass is 10.1. The molecule has 0 unspecified atom stereocenters. The molecule has 0 aromatic heterocycles. The van der Waals surface area contributed by atoms with E-state index >= 15 is 0 Å². The van der Waals surface area contributed by atoms with Crippen LogP contribution in [0.4, 0.5) is 0 Å². The maximum absolute atomic E-state index is 9.58. The van der Waals surface area contributed by atoms with E-state index in [1.165, 1.54) is 19.3 Å². The Morgan fingerprint density at radius 1 is 1.46 bits per heavy atom. The average molecular weight is 185 g/mol. The third-order valence-corrected chi connectivity index (χ3v) is 2.99. The molecule has 2 nitrogen and oxygen atoms in total. The van der Waals surface area contributed by atoms with Crippen molar-refractivity contribution in [1.82, 2.24) is 4.90 Å².